The number of hydrogen-bond acceptors (Lipinski definition) is 2. The topological polar surface area (TPSA) is 28.5 Å². The van der Waals surface area contributed by atoms with Crippen LogP contribution in [0.15, 0.2) is 29.2 Å². The maximum atomic E-state index is 5.66. The number of thiocarbonyl (C=S) groups is 1. The van der Waals surface area contributed by atoms with Crippen molar-refractivity contribution in [3.05, 3.63) is 24.3 Å². The molecule has 23 heavy (non-hydrogen) atoms. The highest BCUT2D eigenvalue weighted by atomic mass is 32.2. The lowest BCUT2D eigenvalue weighted by Crippen LogP contribution is -3.20. The molecular formula is C18H24N3S2+. The summed E-state index contributed by atoms with van der Waals surface area (Å²) in [7, 11) is 0. The van der Waals surface area contributed by atoms with Gasteiger partial charge < -0.3 is 15.5 Å². The van der Waals surface area contributed by atoms with Crippen LogP contribution in [0.2, 0.25) is 0 Å². The number of nitrogens with one attached hydrogen (secondary N) is 3. The molecule has 3 heterocycles. The first-order valence-corrected chi connectivity index (χ1v) is 9.82. The molecule has 0 radical (unpaired) electrons. The molecule has 122 valence electrons. The van der Waals surface area contributed by atoms with Crippen LogP contribution in [-0.2, 0) is 0 Å². The van der Waals surface area contributed by atoms with Crippen molar-refractivity contribution < 1.29 is 4.90 Å². The number of quaternary nitrogens is 1. The van der Waals surface area contributed by atoms with Crippen molar-refractivity contribution in [1.82, 2.24) is 5.32 Å². The SMILES string of the molecule is C#C[C@H]1C[NH+]2CC[C@H]1C[C@@H]2CNC(=S)Nc1cccc(SC)c1. The van der Waals surface area contributed by atoms with Crippen LogP contribution < -0.4 is 15.5 Å². The van der Waals surface area contributed by atoms with Crippen LogP contribution in [-0.4, -0.2) is 37.0 Å². The average Bonchev–Trinajstić information content (AvgIpc) is 2.60. The van der Waals surface area contributed by atoms with Crippen LogP contribution in [0, 0.1) is 24.2 Å². The third kappa shape index (κ3) is 4.00. The van der Waals surface area contributed by atoms with Crippen molar-refractivity contribution >= 4 is 34.8 Å². The van der Waals surface area contributed by atoms with Gasteiger partial charge in [0.1, 0.15) is 6.04 Å². The van der Waals surface area contributed by atoms with E-state index in [0.29, 0.717) is 23.0 Å². The summed E-state index contributed by atoms with van der Waals surface area (Å²) in [6.07, 6.45) is 10.2. The second-order valence-electron chi connectivity index (χ2n) is 6.43. The van der Waals surface area contributed by atoms with Gasteiger partial charge in [0.25, 0.3) is 0 Å². The molecular weight excluding hydrogens is 322 g/mol. The van der Waals surface area contributed by atoms with E-state index in [1.165, 1.54) is 24.3 Å². The summed E-state index contributed by atoms with van der Waals surface area (Å²) in [6, 6.07) is 8.95. The highest BCUT2D eigenvalue weighted by molar-refractivity contribution is 7.98. The third-order valence-electron chi connectivity index (χ3n) is 5.10. The summed E-state index contributed by atoms with van der Waals surface area (Å²) in [5.74, 6) is 4.18. The Balaban J connectivity index is 1.49. The summed E-state index contributed by atoms with van der Waals surface area (Å²) >= 11 is 7.18. The van der Waals surface area contributed by atoms with Crippen molar-refractivity contribution in [2.75, 3.05) is 31.2 Å². The van der Waals surface area contributed by atoms with Gasteiger partial charge in [-0.1, -0.05) is 12.0 Å². The van der Waals surface area contributed by atoms with E-state index in [1.807, 2.05) is 12.1 Å². The molecule has 3 fully saturated rings. The molecule has 0 amide bonds. The first-order chi connectivity index (χ1) is 11.2. The average molecular weight is 347 g/mol. The largest absolute Gasteiger partial charge is 0.356 e. The number of anilines is 1. The van der Waals surface area contributed by atoms with Gasteiger partial charge in [-0.15, -0.1) is 18.2 Å². The fraction of sp³-hybridized carbons (Fsp3) is 0.500. The molecule has 3 aliphatic heterocycles. The van der Waals surface area contributed by atoms with E-state index in [0.717, 1.165) is 18.8 Å². The zero-order valence-corrected chi connectivity index (χ0v) is 15.1. The molecule has 3 aliphatic rings. The van der Waals surface area contributed by atoms with E-state index in [9.17, 15) is 0 Å². The summed E-state index contributed by atoms with van der Waals surface area (Å²) in [6.45, 7) is 3.31. The van der Waals surface area contributed by atoms with E-state index in [1.54, 1.807) is 16.7 Å². The molecule has 2 bridgehead atoms. The quantitative estimate of drug-likeness (QED) is 0.439. The van der Waals surface area contributed by atoms with Crippen LogP contribution in [0.5, 0.6) is 0 Å². The van der Waals surface area contributed by atoms with E-state index in [-0.39, 0.29) is 0 Å². The number of terminal acetylenes is 1. The van der Waals surface area contributed by atoms with Crippen LogP contribution in [0.4, 0.5) is 5.69 Å². The lowest BCUT2D eigenvalue weighted by atomic mass is 9.76. The van der Waals surface area contributed by atoms with Crippen molar-refractivity contribution in [3.63, 3.8) is 0 Å². The third-order valence-corrected chi connectivity index (χ3v) is 6.07. The van der Waals surface area contributed by atoms with Gasteiger partial charge in [0, 0.05) is 23.4 Å². The van der Waals surface area contributed by atoms with E-state index in [2.05, 4.69) is 34.9 Å². The number of benzene rings is 1. The zero-order chi connectivity index (χ0) is 16.2. The summed E-state index contributed by atoms with van der Waals surface area (Å²) in [5, 5.41) is 7.39. The minimum Gasteiger partial charge on any atom is -0.356 e. The van der Waals surface area contributed by atoms with Crippen LogP contribution >= 0.6 is 24.0 Å². The summed E-state index contributed by atoms with van der Waals surface area (Å²) < 4.78 is 0. The number of rotatable bonds is 4. The fourth-order valence-electron chi connectivity index (χ4n) is 3.82. The predicted molar refractivity (Wildman–Crippen MR) is 102 cm³/mol. The second-order valence-corrected chi connectivity index (χ2v) is 7.72. The van der Waals surface area contributed by atoms with Gasteiger partial charge in [-0.3, -0.25) is 0 Å². The molecule has 0 aliphatic carbocycles. The van der Waals surface area contributed by atoms with Gasteiger partial charge >= 0.3 is 0 Å². The summed E-state index contributed by atoms with van der Waals surface area (Å²) in [5.41, 5.74) is 1.04. The lowest BCUT2D eigenvalue weighted by molar-refractivity contribution is -0.943. The molecule has 4 atom stereocenters. The first-order valence-electron chi connectivity index (χ1n) is 8.19. The Hall–Kier alpha value is -1.22. The minimum atomic E-state index is 0.481. The van der Waals surface area contributed by atoms with E-state index in [4.69, 9.17) is 18.6 Å². The molecule has 1 unspecified atom stereocenters. The number of hydrogen-bond donors (Lipinski definition) is 3. The maximum absolute atomic E-state index is 5.66. The molecule has 5 heteroatoms. The highest BCUT2D eigenvalue weighted by Gasteiger charge is 2.42. The van der Waals surface area contributed by atoms with Crippen LogP contribution in [0.1, 0.15) is 12.8 Å². The van der Waals surface area contributed by atoms with Gasteiger partial charge in [-0.05, 0) is 42.6 Å². The predicted octanol–water partition coefficient (Wildman–Crippen LogP) is 1.62. The molecule has 1 aromatic carbocycles. The normalized spacial score (nSPS) is 28.9. The van der Waals surface area contributed by atoms with Gasteiger partial charge in [0.2, 0.25) is 0 Å². The Morgan fingerprint density at radius 3 is 3.09 bits per heavy atom. The van der Waals surface area contributed by atoms with E-state index < -0.39 is 0 Å². The Labute approximate surface area is 148 Å². The number of fused-ring (bicyclic) bond motifs is 3. The molecule has 0 aromatic heterocycles. The minimum absolute atomic E-state index is 0.481. The smallest absolute Gasteiger partial charge is 0.170 e. The van der Waals surface area contributed by atoms with Crippen LogP contribution in [0.25, 0.3) is 0 Å². The Kier molecular flexibility index (Phi) is 5.47. The van der Waals surface area contributed by atoms with Crippen molar-refractivity contribution in [3.8, 4) is 12.3 Å². The Morgan fingerprint density at radius 1 is 1.52 bits per heavy atom. The fourth-order valence-corrected chi connectivity index (χ4v) is 4.48. The molecule has 3 nitrogen and oxygen atoms in total. The first kappa shape index (κ1) is 16.6. The molecule has 4 rings (SSSR count). The maximum Gasteiger partial charge on any atom is 0.170 e. The van der Waals surface area contributed by atoms with Crippen molar-refractivity contribution in [2.45, 2.75) is 23.8 Å². The molecule has 0 saturated carbocycles. The van der Waals surface area contributed by atoms with Crippen molar-refractivity contribution in [1.29, 1.82) is 0 Å². The highest BCUT2D eigenvalue weighted by Crippen LogP contribution is 2.26. The van der Waals surface area contributed by atoms with Gasteiger partial charge in [0.05, 0.1) is 25.6 Å². The molecule has 3 saturated heterocycles. The van der Waals surface area contributed by atoms with Gasteiger partial charge in [-0.25, -0.2) is 0 Å². The Bertz CT molecular complexity index is 611. The second kappa shape index (κ2) is 7.57. The van der Waals surface area contributed by atoms with Gasteiger partial charge in [-0.2, -0.15) is 0 Å². The van der Waals surface area contributed by atoms with Crippen LogP contribution in [0.3, 0.4) is 0 Å². The van der Waals surface area contributed by atoms with Gasteiger partial charge in [0.15, 0.2) is 5.11 Å². The number of piperidine rings is 3. The van der Waals surface area contributed by atoms with Crippen molar-refractivity contribution in [2.24, 2.45) is 11.8 Å². The lowest BCUT2D eigenvalue weighted by Gasteiger charge is -2.45. The van der Waals surface area contributed by atoms with E-state index >= 15 is 0 Å². The standard InChI is InChI=1S/C18H23N3S2/c1-3-13-12-21-8-7-14(13)9-16(21)11-19-18(22)20-15-5-4-6-17(10-15)23-2/h1,4-6,10,13-14,16H,7-9,11-12H2,2H3,(H2,19,20,22)/p+1/t13-,14-,16+/m0/s1. The summed E-state index contributed by atoms with van der Waals surface area (Å²) in [4.78, 5) is 2.88. The molecule has 0 spiro atoms. The zero-order valence-electron chi connectivity index (χ0n) is 13.5. The monoisotopic (exact) mass is 346 g/mol. The molecule has 3 N–H and O–H groups in total. The Morgan fingerprint density at radius 2 is 2.39 bits per heavy atom. The molecule has 1 aromatic rings. The number of thioether (sulfide) groups is 1.